The van der Waals surface area contributed by atoms with Crippen LogP contribution in [0.2, 0.25) is 0 Å². The van der Waals surface area contributed by atoms with Gasteiger partial charge in [0.15, 0.2) is 0 Å². The third kappa shape index (κ3) is 2.23. The van der Waals surface area contributed by atoms with Crippen LogP contribution in [0, 0.1) is 0 Å². The number of carbonyl (C=O) groups excluding carboxylic acids is 1. The van der Waals surface area contributed by atoms with Crippen LogP contribution in [0.3, 0.4) is 0 Å². The zero-order chi connectivity index (χ0) is 13.0. The van der Waals surface area contributed by atoms with Crippen molar-refractivity contribution >= 4 is 5.97 Å². The Bertz CT molecular complexity index is 479. The summed E-state index contributed by atoms with van der Waals surface area (Å²) in [5.74, 6) is -0.179. The molecule has 4 aliphatic rings. The van der Waals surface area contributed by atoms with E-state index in [0.717, 1.165) is 31.3 Å². The molecule has 0 spiro atoms. The van der Waals surface area contributed by atoms with E-state index in [9.17, 15) is 4.79 Å². The van der Waals surface area contributed by atoms with Crippen molar-refractivity contribution in [2.75, 3.05) is 0 Å². The molecule has 4 rings (SSSR count). The summed E-state index contributed by atoms with van der Waals surface area (Å²) in [7, 11) is 0. The van der Waals surface area contributed by atoms with Crippen molar-refractivity contribution < 1.29 is 19.0 Å². The van der Waals surface area contributed by atoms with Crippen molar-refractivity contribution in [3.63, 3.8) is 0 Å². The number of fused-ring (bicyclic) bond motifs is 2. The summed E-state index contributed by atoms with van der Waals surface area (Å²) >= 11 is 0. The summed E-state index contributed by atoms with van der Waals surface area (Å²) in [6, 6.07) is 0. The summed E-state index contributed by atoms with van der Waals surface area (Å²) in [5.41, 5.74) is 1.98. The van der Waals surface area contributed by atoms with Crippen LogP contribution >= 0.6 is 0 Å². The summed E-state index contributed by atoms with van der Waals surface area (Å²) < 4.78 is 16.4. The smallest absolute Gasteiger partial charge is 0.334 e. The third-order valence-corrected chi connectivity index (χ3v) is 4.47. The van der Waals surface area contributed by atoms with Gasteiger partial charge >= 0.3 is 5.97 Å². The fraction of sp³-hybridized carbons (Fsp3) is 0.667. The molecule has 5 unspecified atom stereocenters. The second kappa shape index (κ2) is 4.18. The molecular weight excluding hydrogens is 244 g/mol. The lowest BCUT2D eigenvalue weighted by Gasteiger charge is -2.19. The molecule has 0 bridgehead atoms. The first-order valence-corrected chi connectivity index (χ1v) is 7.14. The third-order valence-electron chi connectivity index (χ3n) is 4.47. The topological polar surface area (TPSA) is 51.4 Å². The number of hydrogen-bond donors (Lipinski definition) is 0. The highest BCUT2D eigenvalue weighted by atomic mass is 16.6. The second-order valence-corrected chi connectivity index (χ2v) is 5.84. The summed E-state index contributed by atoms with van der Waals surface area (Å²) in [6.07, 6.45) is 8.90. The van der Waals surface area contributed by atoms with E-state index in [1.54, 1.807) is 0 Å². The average molecular weight is 262 g/mol. The standard InChI is InChI=1S/C15H18O4/c1-8(9-2-4-11-13(6-9)18-11)17-15(16)10-3-5-12-14(7-10)19-12/h6-8,11-14H,2-5H2,1H3. The van der Waals surface area contributed by atoms with Crippen LogP contribution in [0.5, 0.6) is 0 Å². The van der Waals surface area contributed by atoms with Crippen LogP contribution in [0.25, 0.3) is 0 Å². The Labute approximate surface area is 112 Å². The number of ether oxygens (including phenoxy) is 3. The molecule has 0 N–H and O–H groups in total. The number of rotatable bonds is 3. The SMILES string of the molecule is CC(OC(=O)C1=CC2OC2CC1)C1=CC2OC2CC1. The molecule has 0 amide bonds. The molecule has 0 aromatic carbocycles. The number of hydrogen-bond acceptors (Lipinski definition) is 4. The van der Waals surface area contributed by atoms with Gasteiger partial charge < -0.3 is 14.2 Å². The van der Waals surface area contributed by atoms with E-state index in [4.69, 9.17) is 14.2 Å². The number of epoxide rings is 2. The Balaban J connectivity index is 1.39. The van der Waals surface area contributed by atoms with Crippen molar-refractivity contribution in [2.45, 2.75) is 63.1 Å². The van der Waals surface area contributed by atoms with Crippen molar-refractivity contribution in [3.8, 4) is 0 Å². The van der Waals surface area contributed by atoms with Gasteiger partial charge in [0.25, 0.3) is 0 Å². The highest BCUT2D eigenvalue weighted by Crippen LogP contribution is 2.37. The van der Waals surface area contributed by atoms with Gasteiger partial charge in [0.2, 0.25) is 0 Å². The average Bonchev–Trinajstić information content (AvgIpc) is 3.30. The summed E-state index contributed by atoms with van der Waals surface area (Å²) in [6.45, 7) is 1.95. The molecule has 5 atom stereocenters. The molecule has 0 aromatic heterocycles. The molecule has 2 heterocycles. The molecule has 2 saturated heterocycles. The lowest BCUT2D eigenvalue weighted by atomic mass is 9.96. The lowest BCUT2D eigenvalue weighted by Crippen LogP contribution is -2.22. The van der Waals surface area contributed by atoms with Gasteiger partial charge in [0, 0.05) is 5.57 Å². The van der Waals surface area contributed by atoms with Crippen LogP contribution in [0.1, 0.15) is 32.6 Å². The first kappa shape index (κ1) is 11.7. The van der Waals surface area contributed by atoms with Crippen LogP contribution in [0.4, 0.5) is 0 Å². The molecule has 4 heteroatoms. The maximum Gasteiger partial charge on any atom is 0.334 e. The summed E-state index contributed by atoms with van der Waals surface area (Å²) in [4.78, 5) is 12.1. The van der Waals surface area contributed by atoms with E-state index in [-0.39, 0.29) is 24.3 Å². The fourth-order valence-corrected chi connectivity index (χ4v) is 3.07. The predicted molar refractivity (Wildman–Crippen MR) is 67.5 cm³/mol. The van der Waals surface area contributed by atoms with Gasteiger partial charge in [-0.2, -0.15) is 0 Å². The lowest BCUT2D eigenvalue weighted by molar-refractivity contribution is -0.142. The highest BCUT2D eigenvalue weighted by molar-refractivity contribution is 5.89. The molecule has 0 aromatic rings. The van der Waals surface area contributed by atoms with Gasteiger partial charge in [-0.05, 0) is 44.3 Å². The molecule has 2 aliphatic heterocycles. The Kier molecular flexibility index (Phi) is 2.57. The molecule has 19 heavy (non-hydrogen) atoms. The first-order valence-electron chi connectivity index (χ1n) is 7.14. The largest absolute Gasteiger partial charge is 0.455 e. The van der Waals surface area contributed by atoms with Gasteiger partial charge in [-0.3, -0.25) is 0 Å². The van der Waals surface area contributed by atoms with Gasteiger partial charge in [-0.1, -0.05) is 6.08 Å². The minimum Gasteiger partial charge on any atom is -0.455 e. The van der Waals surface area contributed by atoms with E-state index in [1.165, 1.54) is 5.57 Å². The maximum atomic E-state index is 12.1. The number of esters is 1. The monoisotopic (exact) mass is 262 g/mol. The van der Waals surface area contributed by atoms with Gasteiger partial charge in [-0.15, -0.1) is 0 Å². The maximum absolute atomic E-state index is 12.1. The highest BCUT2D eigenvalue weighted by Gasteiger charge is 2.42. The minimum absolute atomic E-state index is 0.142. The van der Waals surface area contributed by atoms with E-state index in [0.29, 0.717) is 12.2 Å². The normalized spacial score (nSPS) is 40.3. The predicted octanol–water partition coefficient (Wildman–Crippen LogP) is 1.89. The summed E-state index contributed by atoms with van der Waals surface area (Å²) in [5, 5.41) is 0. The van der Waals surface area contributed by atoms with Gasteiger partial charge in [0.1, 0.15) is 18.3 Å². The van der Waals surface area contributed by atoms with Crippen LogP contribution in [-0.2, 0) is 19.0 Å². The number of carbonyl (C=O) groups is 1. The van der Waals surface area contributed by atoms with E-state index in [1.807, 2.05) is 13.0 Å². The van der Waals surface area contributed by atoms with Crippen molar-refractivity contribution in [1.29, 1.82) is 0 Å². The zero-order valence-electron chi connectivity index (χ0n) is 11.0. The van der Waals surface area contributed by atoms with Crippen LogP contribution in [-0.4, -0.2) is 36.5 Å². The molecule has 4 nitrogen and oxygen atoms in total. The molecule has 2 aliphatic carbocycles. The molecule has 2 fully saturated rings. The van der Waals surface area contributed by atoms with Crippen molar-refractivity contribution in [2.24, 2.45) is 0 Å². The van der Waals surface area contributed by atoms with E-state index < -0.39 is 0 Å². The van der Waals surface area contributed by atoms with E-state index in [2.05, 4.69) is 6.08 Å². The van der Waals surface area contributed by atoms with Gasteiger partial charge in [-0.25, -0.2) is 4.79 Å². The van der Waals surface area contributed by atoms with E-state index >= 15 is 0 Å². The molecule has 0 saturated carbocycles. The Morgan fingerprint density at radius 1 is 1.21 bits per heavy atom. The Morgan fingerprint density at radius 3 is 2.58 bits per heavy atom. The molecule has 102 valence electrons. The van der Waals surface area contributed by atoms with Crippen LogP contribution < -0.4 is 0 Å². The first-order chi connectivity index (χ1) is 9.20. The van der Waals surface area contributed by atoms with Gasteiger partial charge in [0.05, 0.1) is 12.2 Å². The fourth-order valence-electron chi connectivity index (χ4n) is 3.07. The zero-order valence-corrected chi connectivity index (χ0v) is 11.0. The quantitative estimate of drug-likeness (QED) is 0.443. The Hall–Kier alpha value is -1.13. The van der Waals surface area contributed by atoms with Crippen molar-refractivity contribution in [3.05, 3.63) is 23.3 Å². The second-order valence-electron chi connectivity index (χ2n) is 5.84. The molecular formula is C15H18O4. The Morgan fingerprint density at radius 2 is 1.89 bits per heavy atom. The van der Waals surface area contributed by atoms with Crippen molar-refractivity contribution in [1.82, 2.24) is 0 Å². The van der Waals surface area contributed by atoms with Crippen LogP contribution in [0.15, 0.2) is 23.3 Å². The minimum atomic E-state index is -0.179. The molecule has 0 radical (unpaired) electrons.